The number of ether oxygens (including phenoxy) is 1. The molecule has 2 N–H and O–H groups in total. The molecule has 122 valence electrons. The third kappa shape index (κ3) is 4.68. The van der Waals surface area contributed by atoms with Gasteiger partial charge in [-0.25, -0.2) is 4.39 Å². The smallest absolute Gasteiger partial charge is 0.261 e. The molecule has 23 heavy (non-hydrogen) atoms. The van der Waals surface area contributed by atoms with Crippen molar-refractivity contribution in [2.75, 3.05) is 0 Å². The molecule has 2 rings (SSSR count). The topological polar surface area (TPSA) is 58.6 Å². The van der Waals surface area contributed by atoms with Gasteiger partial charge >= 0.3 is 0 Å². The zero-order valence-corrected chi connectivity index (χ0v) is 13.3. The molecule has 0 spiro atoms. The summed E-state index contributed by atoms with van der Waals surface area (Å²) in [6.07, 6.45) is -0.792. The molecule has 2 aromatic carbocycles. The number of aliphatic hydroxyl groups excluding tert-OH is 1. The van der Waals surface area contributed by atoms with Crippen LogP contribution < -0.4 is 10.1 Å². The standard InChI is InChI=1S/C17H17ClFNO3/c1-11(23-16-7-6-14(19)8-15(16)18)17(22)20-9-12-4-2-3-5-13(12)10-21/h2-8,11,21H,9-10H2,1H3,(H,20,22). The number of benzene rings is 2. The summed E-state index contributed by atoms with van der Waals surface area (Å²) < 4.78 is 18.4. The Morgan fingerprint density at radius 3 is 2.65 bits per heavy atom. The van der Waals surface area contributed by atoms with Crippen molar-refractivity contribution in [1.29, 1.82) is 0 Å². The second kappa shape index (κ2) is 7.94. The molecular weight excluding hydrogens is 321 g/mol. The van der Waals surface area contributed by atoms with Crippen molar-refractivity contribution in [1.82, 2.24) is 5.32 Å². The molecule has 0 fully saturated rings. The van der Waals surface area contributed by atoms with Gasteiger partial charge in [0.1, 0.15) is 11.6 Å². The van der Waals surface area contributed by atoms with Gasteiger partial charge < -0.3 is 15.2 Å². The summed E-state index contributed by atoms with van der Waals surface area (Å²) in [5, 5.41) is 12.1. The summed E-state index contributed by atoms with van der Waals surface area (Å²) in [6, 6.07) is 11.0. The van der Waals surface area contributed by atoms with Crippen molar-refractivity contribution in [2.45, 2.75) is 26.2 Å². The van der Waals surface area contributed by atoms with Crippen LogP contribution in [0, 0.1) is 5.82 Å². The molecule has 0 aliphatic heterocycles. The first-order valence-electron chi connectivity index (χ1n) is 7.08. The van der Waals surface area contributed by atoms with E-state index in [4.69, 9.17) is 16.3 Å². The van der Waals surface area contributed by atoms with Gasteiger partial charge in [0.05, 0.1) is 11.6 Å². The zero-order chi connectivity index (χ0) is 16.8. The number of halogens is 2. The van der Waals surface area contributed by atoms with Crippen LogP contribution in [-0.2, 0) is 17.9 Å². The lowest BCUT2D eigenvalue weighted by atomic mass is 10.1. The van der Waals surface area contributed by atoms with E-state index in [1.54, 1.807) is 13.0 Å². The molecular formula is C17H17ClFNO3. The average Bonchev–Trinajstić information content (AvgIpc) is 2.55. The van der Waals surface area contributed by atoms with Gasteiger partial charge in [-0.3, -0.25) is 4.79 Å². The summed E-state index contributed by atoms with van der Waals surface area (Å²) in [7, 11) is 0. The highest BCUT2D eigenvalue weighted by molar-refractivity contribution is 6.32. The molecule has 0 aliphatic carbocycles. The van der Waals surface area contributed by atoms with Crippen LogP contribution in [-0.4, -0.2) is 17.1 Å². The molecule has 2 aromatic rings. The van der Waals surface area contributed by atoms with Gasteiger partial charge in [-0.2, -0.15) is 0 Å². The van der Waals surface area contributed by atoms with Crippen LogP contribution in [0.3, 0.4) is 0 Å². The number of hydrogen-bond donors (Lipinski definition) is 2. The fourth-order valence-electron chi connectivity index (χ4n) is 2.03. The number of nitrogens with one attached hydrogen (secondary N) is 1. The van der Waals surface area contributed by atoms with E-state index in [0.29, 0.717) is 0 Å². The van der Waals surface area contributed by atoms with Gasteiger partial charge in [-0.15, -0.1) is 0 Å². The van der Waals surface area contributed by atoms with Crippen molar-refractivity contribution in [2.24, 2.45) is 0 Å². The van der Waals surface area contributed by atoms with Crippen molar-refractivity contribution in [3.05, 3.63) is 64.4 Å². The highest BCUT2D eigenvalue weighted by Crippen LogP contribution is 2.25. The van der Waals surface area contributed by atoms with Gasteiger partial charge in [0.15, 0.2) is 6.10 Å². The van der Waals surface area contributed by atoms with E-state index < -0.39 is 11.9 Å². The Morgan fingerprint density at radius 2 is 2.00 bits per heavy atom. The van der Waals surface area contributed by atoms with Crippen LogP contribution >= 0.6 is 11.6 Å². The lowest BCUT2D eigenvalue weighted by molar-refractivity contribution is -0.127. The number of rotatable bonds is 6. The Bertz CT molecular complexity index is 693. The molecule has 1 atom stereocenters. The van der Waals surface area contributed by atoms with Crippen LogP contribution in [0.25, 0.3) is 0 Å². The molecule has 1 unspecified atom stereocenters. The Hall–Kier alpha value is -2.11. The van der Waals surface area contributed by atoms with E-state index in [2.05, 4.69) is 5.32 Å². The van der Waals surface area contributed by atoms with E-state index in [1.165, 1.54) is 12.1 Å². The number of hydrogen-bond acceptors (Lipinski definition) is 3. The first-order chi connectivity index (χ1) is 11.0. The zero-order valence-electron chi connectivity index (χ0n) is 12.6. The van der Waals surface area contributed by atoms with Crippen LogP contribution in [0.15, 0.2) is 42.5 Å². The molecule has 0 heterocycles. The molecule has 1 amide bonds. The van der Waals surface area contributed by atoms with Crippen LogP contribution in [0.5, 0.6) is 5.75 Å². The average molecular weight is 338 g/mol. The van der Waals surface area contributed by atoms with Crippen LogP contribution in [0.4, 0.5) is 4.39 Å². The highest BCUT2D eigenvalue weighted by Gasteiger charge is 2.16. The van der Waals surface area contributed by atoms with Gasteiger partial charge in [0.2, 0.25) is 0 Å². The summed E-state index contributed by atoms with van der Waals surface area (Å²) in [5.74, 6) is -0.565. The number of amides is 1. The third-order valence-corrected chi connectivity index (χ3v) is 3.60. The summed E-state index contributed by atoms with van der Waals surface area (Å²) in [5.41, 5.74) is 1.58. The number of aliphatic hydroxyl groups is 1. The fourth-order valence-corrected chi connectivity index (χ4v) is 2.24. The van der Waals surface area contributed by atoms with E-state index in [0.717, 1.165) is 17.2 Å². The molecule has 0 aromatic heterocycles. The quantitative estimate of drug-likeness (QED) is 0.851. The second-order valence-corrected chi connectivity index (χ2v) is 5.39. The summed E-state index contributed by atoms with van der Waals surface area (Å²) >= 11 is 5.87. The van der Waals surface area contributed by atoms with Gasteiger partial charge in [0, 0.05) is 6.54 Å². The van der Waals surface area contributed by atoms with Crippen molar-refractivity contribution < 1.29 is 19.0 Å². The van der Waals surface area contributed by atoms with Gasteiger partial charge in [0.25, 0.3) is 5.91 Å². The molecule has 0 saturated heterocycles. The van der Waals surface area contributed by atoms with Gasteiger partial charge in [-0.05, 0) is 36.2 Å². The normalized spacial score (nSPS) is 11.8. The first-order valence-corrected chi connectivity index (χ1v) is 7.46. The van der Waals surface area contributed by atoms with Crippen molar-refractivity contribution in [3.63, 3.8) is 0 Å². The predicted molar refractivity (Wildman–Crippen MR) is 85.7 cm³/mol. The maximum absolute atomic E-state index is 13.0. The maximum atomic E-state index is 13.0. The molecule has 0 aliphatic rings. The minimum atomic E-state index is -0.792. The minimum Gasteiger partial charge on any atom is -0.479 e. The lowest BCUT2D eigenvalue weighted by Crippen LogP contribution is -2.36. The molecule has 0 saturated carbocycles. The van der Waals surface area contributed by atoms with E-state index in [9.17, 15) is 14.3 Å². The highest BCUT2D eigenvalue weighted by atomic mass is 35.5. The summed E-state index contributed by atoms with van der Waals surface area (Å²) in [6.45, 7) is 1.76. The second-order valence-electron chi connectivity index (χ2n) is 4.98. The third-order valence-electron chi connectivity index (χ3n) is 3.31. The lowest BCUT2D eigenvalue weighted by Gasteiger charge is -2.16. The van der Waals surface area contributed by atoms with E-state index in [-0.39, 0.29) is 29.8 Å². The number of carbonyl (C=O) groups excluding carboxylic acids is 1. The van der Waals surface area contributed by atoms with Crippen LogP contribution in [0.1, 0.15) is 18.1 Å². The Morgan fingerprint density at radius 1 is 1.30 bits per heavy atom. The molecule has 0 radical (unpaired) electrons. The fraction of sp³-hybridized carbons (Fsp3) is 0.235. The van der Waals surface area contributed by atoms with Crippen LogP contribution in [0.2, 0.25) is 5.02 Å². The monoisotopic (exact) mass is 337 g/mol. The SMILES string of the molecule is CC(Oc1ccc(F)cc1Cl)C(=O)NCc1ccccc1CO. The maximum Gasteiger partial charge on any atom is 0.261 e. The van der Waals surface area contributed by atoms with Crippen molar-refractivity contribution >= 4 is 17.5 Å². The Labute approximate surface area is 138 Å². The Kier molecular flexibility index (Phi) is 5.96. The first kappa shape index (κ1) is 17.2. The molecule has 4 nitrogen and oxygen atoms in total. The van der Waals surface area contributed by atoms with E-state index >= 15 is 0 Å². The van der Waals surface area contributed by atoms with Crippen molar-refractivity contribution in [3.8, 4) is 5.75 Å². The molecule has 0 bridgehead atoms. The van der Waals surface area contributed by atoms with E-state index in [1.807, 2.05) is 18.2 Å². The minimum absolute atomic E-state index is 0.0940. The molecule has 6 heteroatoms. The largest absolute Gasteiger partial charge is 0.479 e. The summed E-state index contributed by atoms with van der Waals surface area (Å²) in [4.78, 5) is 12.1. The predicted octanol–water partition coefficient (Wildman–Crippen LogP) is 3.06. The Balaban J connectivity index is 1.95. The number of carbonyl (C=O) groups is 1. The van der Waals surface area contributed by atoms with Gasteiger partial charge in [-0.1, -0.05) is 35.9 Å².